The highest BCUT2D eigenvalue weighted by Crippen LogP contribution is 2.28. The Balaban J connectivity index is 1.77. The fourth-order valence-corrected chi connectivity index (χ4v) is 2.73. The molecule has 1 aromatic rings. The molecule has 1 saturated heterocycles. The summed E-state index contributed by atoms with van der Waals surface area (Å²) in [6.07, 6.45) is 1.24. The number of aliphatic hydroxyl groups excluding tert-OH is 1. The molecule has 8 heteroatoms. The van der Waals surface area contributed by atoms with E-state index >= 15 is 0 Å². The fraction of sp³-hybridized carbons (Fsp3) is 0.571. The first-order chi connectivity index (χ1) is 10.6. The van der Waals surface area contributed by atoms with Gasteiger partial charge in [-0.15, -0.1) is 0 Å². The maximum Gasteiger partial charge on any atom is 0.121 e. The number of halogens is 2. The summed E-state index contributed by atoms with van der Waals surface area (Å²) in [5.41, 5.74) is 8.23. The van der Waals surface area contributed by atoms with E-state index in [1.165, 1.54) is 0 Å². The van der Waals surface area contributed by atoms with Crippen molar-refractivity contribution in [2.75, 3.05) is 26.2 Å². The van der Waals surface area contributed by atoms with E-state index in [2.05, 4.69) is 14.9 Å². The summed E-state index contributed by atoms with van der Waals surface area (Å²) in [5.74, 6) is 0.719. The number of nitrogens with zero attached hydrogens (tertiary/aromatic N) is 4. The molecule has 6 nitrogen and oxygen atoms in total. The third-order valence-electron chi connectivity index (χ3n) is 3.55. The number of aliphatic hydroxyl groups is 1. The van der Waals surface area contributed by atoms with Gasteiger partial charge in [-0.1, -0.05) is 28.3 Å². The van der Waals surface area contributed by atoms with Crippen LogP contribution in [-0.2, 0) is 0 Å². The zero-order valence-corrected chi connectivity index (χ0v) is 13.5. The minimum atomic E-state index is -0.622. The van der Waals surface area contributed by atoms with Gasteiger partial charge in [-0.05, 0) is 30.5 Å². The molecule has 1 aromatic carbocycles. The molecule has 0 bridgehead atoms. The van der Waals surface area contributed by atoms with Crippen LogP contribution in [0.15, 0.2) is 23.3 Å². The van der Waals surface area contributed by atoms with E-state index in [4.69, 9.17) is 33.5 Å². The molecular formula is C14H18Cl2N4O2. The molecule has 1 unspecified atom stereocenters. The number of piperidine rings is 1. The van der Waals surface area contributed by atoms with E-state index in [0.717, 1.165) is 31.7 Å². The van der Waals surface area contributed by atoms with Crippen molar-refractivity contribution in [3.63, 3.8) is 0 Å². The average molecular weight is 345 g/mol. The lowest BCUT2D eigenvalue weighted by molar-refractivity contribution is 0.0642. The Hall–Kier alpha value is -1.17. The Bertz CT molecular complexity index is 544. The number of hydrogen-bond donors (Lipinski definition) is 1. The van der Waals surface area contributed by atoms with Crippen LogP contribution in [-0.4, -0.2) is 48.4 Å². The number of β-amino-alcohol motifs (C(OH)–C–C–N with tert-alkyl or cyclic N) is 1. The standard InChI is InChI=1S/C14H18Cl2N4O2/c15-13-2-1-12(7-14(13)16)22-11-3-5-20(6-4-11)9-10(21)8-18-19-17/h1-2,7,10-11,21H,3-6,8-9H2. The van der Waals surface area contributed by atoms with Crippen molar-refractivity contribution >= 4 is 23.2 Å². The zero-order valence-electron chi connectivity index (χ0n) is 12.0. The maximum atomic E-state index is 9.73. The molecule has 22 heavy (non-hydrogen) atoms. The van der Waals surface area contributed by atoms with E-state index < -0.39 is 6.10 Å². The van der Waals surface area contributed by atoms with Gasteiger partial charge in [0.2, 0.25) is 0 Å². The molecule has 0 aromatic heterocycles. The quantitative estimate of drug-likeness (QED) is 0.487. The number of hydrogen-bond acceptors (Lipinski definition) is 4. The van der Waals surface area contributed by atoms with Crippen LogP contribution in [0.5, 0.6) is 5.75 Å². The second-order valence-electron chi connectivity index (χ2n) is 5.26. The van der Waals surface area contributed by atoms with Crippen molar-refractivity contribution in [2.45, 2.75) is 25.0 Å². The van der Waals surface area contributed by atoms with E-state index in [1.807, 2.05) is 6.07 Å². The van der Waals surface area contributed by atoms with Gasteiger partial charge in [-0.25, -0.2) is 0 Å². The summed E-state index contributed by atoms with van der Waals surface area (Å²) in [5, 5.41) is 14.1. The largest absolute Gasteiger partial charge is 0.490 e. The van der Waals surface area contributed by atoms with Gasteiger partial charge in [0.25, 0.3) is 0 Å². The molecule has 1 fully saturated rings. The van der Waals surface area contributed by atoms with Gasteiger partial charge in [0.15, 0.2) is 0 Å². The molecule has 2 rings (SSSR count). The monoisotopic (exact) mass is 344 g/mol. The van der Waals surface area contributed by atoms with Gasteiger partial charge in [-0.3, -0.25) is 0 Å². The topological polar surface area (TPSA) is 81.5 Å². The van der Waals surface area contributed by atoms with Gasteiger partial charge in [0.05, 0.1) is 22.7 Å². The molecule has 0 amide bonds. The van der Waals surface area contributed by atoms with Gasteiger partial charge in [0, 0.05) is 30.6 Å². The molecule has 0 saturated carbocycles. The molecule has 1 aliphatic rings. The molecule has 0 spiro atoms. The van der Waals surface area contributed by atoms with Crippen molar-refractivity contribution < 1.29 is 9.84 Å². The number of ether oxygens (including phenoxy) is 1. The lowest BCUT2D eigenvalue weighted by Gasteiger charge is -2.33. The second kappa shape index (κ2) is 8.46. The molecule has 1 heterocycles. The summed E-state index contributed by atoms with van der Waals surface area (Å²) in [6.45, 7) is 2.29. The summed E-state index contributed by atoms with van der Waals surface area (Å²) < 4.78 is 5.91. The SMILES string of the molecule is [N-]=[N+]=NCC(O)CN1CCC(Oc2ccc(Cl)c(Cl)c2)CC1. The van der Waals surface area contributed by atoms with Gasteiger partial charge in [0.1, 0.15) is 11.9 Å². The normalized spacial score (nSPS) is 17.8. The molecule has 0 radical (unpaired) electrons. The summed E-state index contributed by atoms with van der Waals surface area (Å²) >= 11 is 11.9. The van der Waals surface area contributed by atoms with Gasteiger partial charge in [-0.2, -0.15) is 0 Å². The fourth-order valence-electron chi connectivity index (χ4n) is 2.44. The van der Waals surface area contributed by atoms with Crippen LogP contribution in [0, 0.1) is 0 Å². The van der Waals surface area contributed by atoms with E-state index in [9.17, 15) is 5.11 Å². The lowest BCUT2D eigenvalue weighted by Crippen LogP contribution is -2.42. The Morgan fingerprint density at radius 1 is 1.36 bits per heavy atom. The Morgan fingerprint density at radius 3 is 2.73 bits per heavy atom. The molecule has 120 valence electrons. The van der Waals surface area contributed by atoms with Gasteiger partial charge < -0.3 is 14.7 Å². The van der Waals surface area contributed by atoms with Crippen molar-refractivity contribution in [1.82, 2.24) is 4.90 Å². The van der Waals surface area contributed by atoms with Crippen LogP contribution in [0.2, 0.25) is 10.0 Å². The van der Waals surface area contributed by atoms with E-state index in [0.29, 0.717) is 16.6 Å². The van der Waals surface area contributed by atoms with Crippen LogP contribution >= 0.6 is 23.2 Å². The Morgan fingerprint density at radius 2 is 2.09 bits per heavy atom. The van der Waals surface area contributed by atoms with Crippen molar-refractivity contribution in [3.05, 3.63) is 38.7 Å². The lowest BCUT2D eigenvalue weighted by atomic mass is 10.1. The van der Waals surface area contributed by atoms with Crippen LogP contribution < -0.4 is 4.74 Å². The summed E-state index contributed by atoms with van der Waals surface area (Å²) in [7, 11) is 0. The molecule has 1 aliphatic heterocycles. The van der Waals surface area contributed by atoms with Crippen molar-refractivity contribution in [1.29, 1.82) is 0 Å². The highest BCUT2D eigenvalue weighted by molar-refractivity contribution is 6.42. The first kappa shape index (κ1) is 17.2. The van der Waals surface area contributed by atoms with Crippen LogP contribution in [0.1, 0.15) is 12.8 Å². The highest BCUT2D eigenvalue weighted by Gasteiger charge is 2.22. The zero-order chi connectivity index (χ0) is 15.9. The molecule has 1 N–H and O–H groups in total. The van der Waals surface area contributed by atoms with E-state index in [-0.39, 0.29) is 12.6 Å². The minimum absolute atomic E-state index is 0.107. The van der Waals surface area contributed by atoms with Crippen LogP contribution in [0.3, 0.4) is 0 Å². The highest BCUT2D eigenvalue weighted by atomic mass is 35.5. The Kier molecular flexibility index (Phi) is 6.61. The third-order valence-corrected chi connectivity index (χ3v) is 4.29. The molecule has 0 aliphatic carbocycles. The molecular weight excluding hydrogens is 327 g/mol. The summed E-state index contributed by atoms with van der Waals surface area (Å²) in [4.78, 5) is 4.79. The van der Waals surface area contributed by atoms with Crippen LogP contribution in [0.25, 0.3) is 10.4 Å². The summed E-state index contributed by atoms with van der Waals surface area (Å²) in [6, 6.07) is 5.25. The minimum Gasteiger partial charge on any atom is -0.490 e. The number of azide groups is 1. The van der Waals surface area contributed by atoms with Gasteiger partial charge >= 0.3 is 0 Å². The maximum absolute atomic E-state index is 9.73. The predicted octanol–water partition coefficient (Wildman–Crippen LogP) is 3.51. The van der Waals surface area contributed by atoms with Crippen LogP contribution in [0.4, 0.5) is 0 Å². The number of rotatable bonds is 6. The third kappa shape index (κ3) is 5.23. The second-order valence-corrected chi connectivity index (χ2v) is 6.08. The number of likely N-dealkylation sites (tertiary alicyclic amines) is 1. The van der Waals surface area contributed by atoms with Crippen molar-refractivity contribution in [2.24, 2.45) is 5.11 Å². The van der Waals surface area contributed by atoms with E-state index in [1.54, 1.807) is 12.1 Å². The Labute approximate surface area is 139 Å². The molecule has 1 atom stereocenters. The first-order valence-corrected chi connectivity index (χ1v) is 7.87. The average Bonchev–Trinajstić information content (AvgIpc) is 2.51. The first-order valence-electron chi connectivity index (χ1n) is 7.11. The smallest absolute Gasteiger partial charge is 0.121 e. The van der Waals surface area contributed by atoms with Crippen molar-refractivity contribution in [3.8, 4) is 5.75 Å². The number of benzene rings is 1. The predicted molar refractivity (Wildman–Crippen MR) is 86.6 cm³/mol.